The topological polar surface area (TPSA) is 55.6 Å². The highest BCUT2D eigenvalue weighted by Gasteiger charge is 2.09. The Kier molecular flexibility index (Phi) is 6.29. The van der Waals surface area contributed by atoms with Crippen LogP contribution in [0.15, 0.2) is 18.2 Å². The van der Waals surface area contributed by atoms with Crippen molar-refractivity contribution >= 4 is 5.91 Å². The van der Waals surface area contributed by atoms with E-state index in [2.05, 4.69) is 0 Å². The van der Waals surface area contributed by atoms with E-state index in [1.54, 1.807) is 18.0 Å². The first-order valence-corrected chi connectivity index (χ1v) is 6.43. The highest BCUT2D eigenvalue weighted by Crippen LogP contribution is 2.18. The molecule has 0 aromatic heterocycles. The molecule has 0 saturated heterocycles. The predicted molar refractivity (Wildman–Crippen MR) is 72.6 cm³/mol. The molecule has 0 fully saturated rings. The maximum atomic E-state index is 13.6. The summed E-state index contributed by atoms with van der Waals surface area (Å²) in [4.78, 5) is 13.1. The van der Waals surface area contributed by atoms with E-state index < -0.39 is 0 Å². The summed E-state index contributed by atoms with van der Waals surface area (Å²) in [5, 5.41) is 0. The number of ether oxygens (including phenoxy) is 1. The lowest BCUT2D eigenvalue weighted by Gasteiger charge is -2.17. The second-order valence-electron chi connectivity index (χ2n) is 4.30. The lowest BCUT2D eigenvalue weighted by atomic mass is 10.1. The van der Waals surface area contributed by atoms with Crippen LogP contribution in [0.25, 0.3) is 0 Å². The molecule has 0 aliphatic carbocycles. The molecule has 0 aliphatic heterocycles. The first-order valence-electron chi connectivity index (χ1n) is 6.43. The Balaban J connectivity index is 2.54. The second-order valence-corrected chi connectivity index (χ2v) is 4.30. The molecule has 0 aliphatic rings. The number of carbonyl (C=O) groups excluding carboxylic acids is 1. The molecular formula is C14H21FN2O2. The number of nitrogens with zero attached hydrogens (tertiary/aromatic N) is 1. The van der Waals surface area contributed by atoms with Crippen LogP contribution < -0.4 is 10.5 Å². The van der Waals surface area contributed by atoms with Gasteiger partial charge in [0.15, 0.2) is 11.6 Å². The fraction of sp³-hybridized carbons (Fsp3) is 0.500. The lowest BCUT2D eigenvalue weighted by Crippen LogP contribution is -2.30. The van der Waals surface area contributed by atoms with Gasteiger partial charge in [0.05, 0.1) is 6.61 Å². The maximum Gasteiger partial charge on any atom is 0.223 e. The van der Waals surface area contributed by atoms with Gasteiger partial charge in [-0.3, -0.25) is 4.79 Å². The molecule has 5 heteroatoms. The summed E-state index contributed by atoms with van der Waals surface area (Å²) in [5.74, 6) is -0.0944. The fourth-order valence-corrected chi connectivity index (χ4v) is 1.71. The fourth-order valence-electron chi connectivity index (χ4n) is 1.71. The zero-order chi connectivity index (χ0) is 14.3. The molecule has 0 atom stereocenters. The summed E-state index contributed by atoms with van der Waals surface area (Å²) in [5.41, 5.74) is 6.17. The van der Waals surface area contributed by atoms with Crippen molar-refractivity contribution in [2.75, 3.05) is 26.7 Å². The molecule has 1 aromatic rings. The molecule has 4 nitrogen and oxygen atoms in total. The van der Waals surface area contributed by atoms with Gasteiger partial charge in [0.2, 0.25) is 5.91 Å². The van der Waals surface area contributed by atoms with Crippen LogP contribution in [-0.4, -0.2) is 37.6 Å². The number of carbonyl (C=O) groups is 1. The third-order valence-electron chi connectivity index (χ3n) is 2.82. The van der Waals surface area contributed by atoms with Crippen molar-refractivity contribution in [2.45, 2.75) is 19.8 Å². The molecule has 2 N–H and O–H groups in total. The highest BCUT2D eigenvalue weighted by molar-refractivity contribution is 5.76. The Morgan fingerprint density at radius 3 is 2.79 bits per heavy atom. The maximum absolute atomic E-state index is 13.6. The largest absolute Gasteiger partial charge is 0.491 e. The van der Waals surface area contributed by atoms with Gasteiger partial charge in [0.1, 0.15) is 0 Å². The van der Waals surface area contributed by atoms with E-state index in [4.69, 9.17) is 10.5 Å². The van der Waals surface area contributed by atoms with Crippen LogP contribution in [0.2, 0.25) is 0 Å². The smallest absolute Gasteiger partial charge is 0.223 e. The number of rotatable bonds is 7. The van der Waals surface area contributed by atoms with Crippen molar-refractivity contribution in [3.63, 3.8) is 0 Å². The third-order valence-corrected chi connectivity index (χ3v) is 2.82. The first-order chi connectivity index (χ1) is 9.08. The average Bonchev–Trinajstić information content (AvgIpc) is 2.39. The SMILES string of the molecule is CCOc1ccc(CCN(C)C(=O)CCN)cc1F. The first kappa shape index (κ1) is 15.4. The van der Waals surface area contributed by atoms with Crippen molar-refractivity contribution in [3.8, 4) is 5.75 Å². The molecule has 0 spiro atoms. The molecule has 0 heterocycles. The minimum absolute atomic E-state index is 0.00825. The highest BCUT2D eigenvalue weighted by atomic mass is 19.1. The van der Waals surface area contributed by atoms with Gasteiger partial charge in [-0.15, -0.1) is 0 Å². The Labute approximate surface area is 113 Å². The zero-order valence-electron chi connectivity index (χ0n) is 11.5. The van der Waals surface area contributed by atoms with Crippen LogP contribution in [-0.2, 0) is 11.2 Å². The summed E-state index contributed by atoms with van der Waals surface area (Å²) in [6.45, 7) is 3.14. The van der Waals surface area contributed by atoms with Crippen molar-refractivity contribution in [2.24, 2.45) is 5.73 Å². The van der Waals surface area contributed by atoms with E-state index in [1.165, 1.54) is 6.07 Å². The summed E-state index contributed by atoms with van der Waals surface area (Å²) in [6.07, 6.45) is 0.949. The van der Waals surface area contributed by atoms with Gasteiger partial charge >= 0.3 is 0 Å². The number of halogens is 1. The molecule has 0 saturated carbocycles. The molecule has 0 unspecified atom stereocenters. The van der Waals surface area contributed by atoms with Crippen molar-refractivity contribution in [1.29, 1.82) is 0 Å². The number of hydrogen-bond donors (Lipinski definition) is 1. The number of nitrogens with two attached hydrogens (primary N) is 1. The van der Waals surface area contributed by atoms with Crippen LogP contribution in [0.3, 0.4) is 0 Å². The van der Waals surface area contributed by atoms with Crippen LogP contribution in [0.1, 0.15) is 18.9 Å². The van der Waals surface area contributed by atoms with Gasteiger partial charge in [-0.2, -0.15) is 0 Å². The normalized spacial score (nSPS) is 10.3. The lowest BCUT2D eigenvalue weighted by molar-refractivity contribution is -0.129. The molecule has 106 valence electrons. The standard InChI is InChI=1S/C14H21FN2O2/c1-3-19-13-5-4-11(10-12(13)15)7-9-17(2)14(18)6-8-16/h4-5,10H,3,6-9,16H2,1-2H3. The summed E-state index contributed by atoms with van der Waals surface area (Å²) in [7, 11) is 1.73. The van der Waals surface area contributed by atoms with E-state index in [9.17, 15) is 9.18 Å². The molecule has 1 rings (SSSR count). The van der Waals surface area contributed by atoms with E-state index in [-0.39, 0.29) is 17.5 Å². The van der Waals surface area contributed by atoms with Gasteiger partial charge in [0.25, 0.3) is 0 Å². The van der Waals surface area contributed by atoms with Crippen LogP contribution in [0.5, 0.6) is 5.75 Å². The van der Waals surface area contributed by atoms with Crippen molar-refractivity contribution < 1.29 is 13.9 Å². The Hall–Kier alpha value is -1.62. The quantitative estimate of drug-likeness (QED) is 0.816. The third kappa shape index (κ3) is 4.87. The molecule has 0 radical (unpaired) electrons. The van der Waals surface area contributed by atoms with E-state index in [1.807, 2.05) is 13.0 Å². The number of amides is 1. The molecule has 19 heavy (non-hydrogen) atoms. The monoisotopic (exact) mass is 268 g/mol. The van der Waals surface area contributed by atoms with E-state index in [0.717, 1.165) is 5.56 Å². The summed E-state index contributed by atoms with van der Waals surface area (Å²) < 4.78 is 18.8. The number of benzene rings is 1. The summed E-state index contributed by atoms with van der Waals surface area (Å²) >= 11 is 0. The van der Waals surface area contributed by atoms with Crippen molar-refractivity contribution in [3.05, 3.63) is 29.6 Å². The van der Waals surface area contributed by atoms with Crippen LogP contribution in [0.4, 0.5) is 4.39 Å². The second kappa shape index (κ2) is 7.74. The van der Waals surface area contributed by atoms with Crippen molar-refractivity contribution in [1.82, 2.24) is 4.90 Å². The van der Waals surface area contributed by atoms with Gasteiger partial charge < -0.3 is 15.4 Å². The Bertz CT molecular complexity index is 424. The van der Waals surface area contributed by atoms with Gasteiger partial charge in [0, 0.05) is 26.6 Å². The zero-order valence-corrected chi connectivity index (χ0v) is 11.5. The Morgan fingerprint density at radius 2 is 2.21 bits per heavy atom. The van der Waals surface area contributed by atoms with Crippen LogP contribution in [0, 0.1) is 5.82 Å². The molecule has 1 amide bonds. The average molecular weight is 268 g/mol. The van der Waals surface area contributed by atoms with Crippen LogP contribution >= 0.6 is 0 Å². The van der Waals surface area contributed by atoms with Gasteiger partial charge in [-0.25, -0.2) is 4.39 Å². The molecular weight excluding hydrogens is 247 g/mol. The molecule has 1 aromatic carbocycles. The number of hydrogen-bond acceptors (Lipinski definition) is 3. The van der Waals surface area contributed by atoms with Gasteiger partial charge in [-0.1, -0.05) is 6.07 Å². The minimum atomic E-state index is -0.365. The minimum Gasteiger partial charge on any atom is -0.491 e. The van der Waals surface area contributed by atoms with E-state index >= 15 is 0 Å². The number of likely N-dealkylation sites (N-methyl/N-ethyl adjacent to an activating group) is 1. The van der Waals surface area contributed by atoms with E-state index in [0.29, 0.717) is 32.5 Å². The van der Waals surface area contributed by atoms with Gasteiger partial charge in [-0.05, 0) is 31.0 Å². The molecule has 0 bridgehead atoms. The summed E-state index contributed by atoms with van der Waals surface area (Å²) in [6, 6.07) is 4.89. The predicted octanol–water partition coefficient (Wildman–Crippen LogP) is 1.57. The Morgan fingerprint density at radius 1 is 1.47 bits per heavy atom.